The molecule has 1 amide bonds. The summed E-state index contributed by atoms with van der Waals surface area (Å²) in [6.07, 6.45) is 2.13. The molecule has 1 heterocycles. The van der Waals surface area contributed by atoms with Gasteiger partial charge in [0.1, 0.15) is 23.2 Å². The molecule has 0 N–H and O–H groups in total. The zero-order chi connectivity index (χ0) is 17.8. The van der Waals surface area contributed by atoms with E-state index >= 15 is 0 Å². The lowest BCUT2D eigenvalue weighted by Gasteiger charge is -2.28. The van der Waals surface area contributed by atoms with Gasteiger partial charge in [0.15, 0.2) is 0 Å². The third-order valence-electron chi connectivity index (χ3n) is 4.26. The first-order chi connectivity index (χ1) is 12.1. The number of rotatable bonds is 3. The van der Waals surface area contributed by atoms with E-state index in [9.17, 15) is 14.4 Å². The smallest absolute Gasteiger partial charge is 0.264 e. The van der Waals surface area contributed by atoms with Gasteiger partial charge in [0.05, 0.1) is 7.11 Å². The van der Waals surface area contributed by atoms with Crippen LogP contribution in [0.1, 0.15) is 16.7 Å². The van der Waals surface area contributed by atoms with Crippen molar-refractivity contribution >= 4 is 12.0 Å². The molecule has 2 aromatic rings. The Bertz CT molecular complexity index is 884. The molecular weight excluding hydrogens is 319 g/mol. The molecule has 1 aliphatic heterocycles. The minimum atomic E-state index is -0.455. The number of nitrogens with zero attached hydrogens (tertiary/aromatic N) is 2. The van der Waals surface area contributed by atoms with Crippen molar-refractivity contribution in [3.8, 4) is 11.8 Å². The zero-order valence-electron chi connectivity index (χ0n) is 13.8. The molecule has 0 fully saturated rings. The van der Waals surface area contributed by atoms with Crippen LogP contribution in [0.4, 0.5) is 4.39 Å². The van der Waals surface area contributed by atoms with Gasteiger partial charge in [-0.3, -0.25) is 4.79 Å². The maximum Gasteiger partial charge on any atom is 0.264 e. The fourth-order valence-electron chi connectivity index (χ4n) is 2.95. The Labute approximate surface area is 145 Å². The van der Waals surface area contributed by atoms with Crippen LogP contribution < -0.4 is 4.74 Å². The number of hydrogen-bond acceptors (Lipinski definition) is 3. The first kappa shape index (κ1) is 16.7. The molecular formula is C20H17FN2O2. The monoisotopic (exact) mass is 336 g/mol. The summed E-state index contributed by atoms with van der Waals surface area (Å²) < 4.78 is 18.7. The third kappa shape index (κ3) is 3.53. The van der Waals surface area contributed by atoms with Crippen molar-refractivity contribution in [1.29, 1.82) is 5.26 Å². The van der Waals surface area contributed by atoms with Crippen molar-refractivity contribution in [3.05, 3.63) is 70.5 Å². The standard InChI is InChI=1S/C20H17FN2O2/c1-25-19-7-6-18(21)11-16(19)10-17(12-22)20(24)23-9-8-14-4-2-3-5-15(14)13-23/h2-7,10-11H,8-9,13H2,1H3/b17-10+. The first-order valence-corrected chi connectivity index (χ1v) is 7.93. The van der Waals surface area contributed by atoms with E-state index in [0.717, 1.165) is 12.0 Å². The van der Waals surface area contributed by atoms with Gasteiger partial charge >= 0.3 is 0 Å². The lowest BCUT2D eigenvalue weighted by Crippen LogP contribution is -2.36. The summed E-state index contributed by atoms with van der Waals surface area (Å²) in [7, 11) is 1.46. The van der Waals surface area contributed by atoms with Crippen LogP contribution in [0.15, 0.2) is 48.0 Å². The van der Waals surface area contributed by atoms with Gasteiger partial charge in [0.2, 0.25) is 0 Å². The Morgan fingerprint density at radius 3 is 2.76 bits per heavy atom. The van der Waals surface area contributed by atoms with Crippen molar-refractivity contribution in [2.45, 2.75) is 13.0 Å². The predicted octanol–water partition coefficient (Wildman–Crippen LogP) is 3.33. The second kappa shape index (κ2) is 7.18. The number of amides is 1. The van der Waals surface area contributed by atoms with Gasteiger partial charge in [-0.25, -0.2) is 4.39 Å². The van der Waals surface area contributed by atoms with Crippen LogP contribution >= 0.6 is 0 Å². The van der Waals surface area contributed by atoms with Crippen LogP contribution in [0, 0.1) is 17.1 Å². The lowest BCUT2D eigenvalue weighted by molar-refractivity contribution is -0.127. The Balaban J connectivity index is 1.88. The van der Waals surface area contributed by atoms with Crippen molar-refractivity contribution in [3.63, 3.8) is 0 Å². The average Bonchev–Trinajstić information content (AvgIpc) is 2.65. The fraction of sp³-hybridized carbons (Fsp3) is 0.200. The van der Waals surface area contributed by atoms with Gasteiger partial charge in [-0.05, 0) is 41.8 Å². The SMILES string of the molecule is COc1ccc(F)cc1/C=C(\C#N)C(=O)N1CCc2ccccc2C1. The second-order valence-electron chi connectivity index (χ2n) is 5.80. The molecule has 0 radical (unpaired) electrons. The molecule has 2 aromatic carbocycles. The van der Waals surface area contributed by atoms with Crippen LogP contribution in [0.3, 0.4) is 0 Å². The summed E-state index contributed by atoms with van der Waals surface area (Å²) >= 11 is 0. The highest BCUT2D eigenvalue weighted by Gasteiger charge is 2.23. The maximum absolute atomic E-state index is 13.5. The third-order valence-corrected chi connectivity index (χ3v) is 4.26. The van der Waals surface area contributed by atoms with E-state index in [0.29, 0.717) is 24.4 Å². The summed E-state index contributed by atoms with van der Waals surface area (Å²) in [5.74, 6) is -0.405. The van der Waals surface area contributed by atoms with Gasteiger partial charge in [-0.15, -0.1) is 0 Å². The predicted molar refractivity (Wildman–Crippen MR) is 92.1 cm³/mol. The zero-order valence-corrected chi connectivity index (χ0v) is 13.8. The first-order valence-electron chi connectivity index (χ1n) is 7.93. The number of ether oxygens (including phenoxy) is 1. The molecule has 0 saturated heterocycles. The summed E-state index contributed by atoms with van der Waals surface area (Å²) in [5.41, 5.74) is 2.64. The Kier molecular flexibility index (Phi) is 4.80. The molecule has 0 saturated carbocycles. The van der Waals surface area contributed by atoms with Crippen LogP contribution in [-0.4, -0.2) is 24.5 Å². The summed E-state index contributed by atoms with van der Waals surface area (Å²) in [6, 6.07) is 13.9. The van der Waals surface area contributed by atoms with Crippen LogP contribution in [0.2, 0.25) is 0 Å². The fourth-order valence-corrected chi connectivity index (χ4v) is 2.95. The highest BCUT2D eigenvalue weighted by molar-refractivity contribution is 6.02. The molecule has 0 unspecified atom stereocenters. The number of carbonyl (C=O) groups is 1. The maximum atomic E-state index is 13.5. The number of nitriles is 1. The summed E-state index contributed by atoms with van der Waals surface area (Å²) in [6.45, 7) is 1.02. The second-order valence-corrected chi connectivity index (χ2v) is 5.80. The Morgan fingerprint density at radius 1 is 1.28 bits per heavy atom. The number of carbonyl (C=O) groups excluding carboxylic acids is 1. The number of halogens is 1. The molecule has 0 spiro atoms. The van der Waals surface area contributed by atoms with Crippen LogP contribution in [0.5, 0.6) is 5.75 Å². The molecule has 5 heteroatoms. The van der Waals surface area contributed by atoms with Gasteiger partial charge in [-0.1, -0.05) is 24.3 Å². The van der Waals surface area contributed by atoms with Crippen molar-refractivity contribution in [2.75, 3.05) is 13.7 Å². The minimum Gasteiger partial charge on any atom is -0.496 e. The van der Waals surface area contributed by atoms with Crippen molar-refractivity contribution in [1.82, 2.24) is 4.90 Å². The van der Waals surface area contributed by atoms with Gasteiger partial charge in [0.25, 0.3) is 5.91 Å². The van der Waals surface area contributed by atoms with E-state index < -0.39 is 5.82 Å². The highest BCUT2D eigenvalue weighted by Crippen LogP contribution is 2.24. The average molecular weight is 336 g/mol. The molecule has 4 nitrogen and oxygen atoms in total. The van der Waals surface area contributed by atoms with Gasteiger partial charge in [0, 0.05) is 18.7 Å². The molecule has 0 aliphatic carbocycles. The Hall–Kier alpha value is -3.13. The van der Waals surface area contributed by atoms with Gasteiger partial charge < -0.3 is 9.64 Å². The largest absolute Gasteiger partial charge is 0.496 e. The van der Waals surface area contributed by atoms with Crippen molar-refractivity contribution in [2.24, 2.45) is 0 Å². The Morgan fingerprint density at radius 2 is 2.04 bits per heavy atom. The van der Waals surface area contributed by atoms with E-state index in [4.69, 9.17) is 4.74 Å². The molecule has 0 atom stereocenters. The van der Waals surface area contributed by atoms with Crippen LogP contribution in [-0.2, 0) is 17.8 Å². The molecule has 25 heavy (non-hydrogen) atoms. The summed E-state index contributed by atoms with van der Waals surface area (Å²) in [5, 5.41) is 9.42. The number of benzene rings is 2. The van der Waals surface area contributed by atoms with Gasteiger partial charge in [-0.2, -0.15) is 5.26 Å². The molecule has 126 valence electrons. The quantitative estimate of drug-likeness (QED) is 0.638. The molecule has 3 rings (SSSR count). The van der Waals surface area contributed by atoms with E-state index in [2.05, 4.69) is 6.07 Å². The number of methoxy groups -OCH3 is 1. The van der Waals surface area contributed by atoms with E-state index in [-0.39, 0.29) is 11.5 Å². The van der Waals surface area contributed by atoms with Crippen molar-refractivity contribution < 1.29 is 13.9 Å². The number of hydrogen-bond donors (Lipinski definition) is 0. The van der Waals surface area contributed by atoms with E-state index in [1.165, 1.54) is 36.9 Å². The molecule has 1 aliphatic rings. The molecule has 0 aromatic heterocycles. The molecule has 0 bridgehead atoms. The number of fused-ring (bicyclic) bond motifs is 1. The topological polar surface area (TPSA) is 53.3 Å². The van der Waals surface area contributed by atoms with E-state index in [1.54, 1.807) is 4.90 Å². The lowest BCUT2D eigenvalue weighted by atomic mass is 9.99. The van der Waals surface area contributed by atoms with E-state index in [1.807, 2.05) is 24.3 Å². The minimum absolute atomic E-state index is 0.0386. The summed E-state index contributed by atoms with van der Waals surface area (Å²) in [4.78, 5) is 14.4. The van der Waals surface area contributed by atoms with Crippen LogP contribution in [0.25, 0.3) is 6.08 Å². The highest BCUT2D eigenvalue weighted by atomic mass is 19.1. The normalized spacial score (nSPS) is 13.8.